The molecule has 1 aliphatic heterocycles. The molecule has 3 heterocycles. The first-order chi connectivity index (χ1) is 21.6. The molecule has 6 nitrogen and oxygen atoms in total. The van der Waals surface area contributed by atoms with E-state index in [4.69, 9.17) is 4.98 Å². The van der Waals surface area contributed by atoms with Gasteiger partial charge in [-0.25, -0.2) is 17.7 Å². The van der Waals surface area contributed by atoms with Crippen LogP contribution in [0.15, 0.2) is 150 Å². The van der Waals surface area contributed by atoms with Gasteiger partial charge in [-0.2, -0.15) is 0 Å². The van der Waals surface area contributed by atoms with Crippen molar-refractivity contribution in [3.05, 3.63) is 146 Å². The smallest absolute Gasteiger partial charge is 0.273 e. The zero-order chi connectivity index (χ0) is 29.4. The number of sulfonamides is 1. The zero-order valence-electron chi connectivity index (χ0n) is 23.4. The fourth-order valence-corrected chi connectivity index (χ4v) is 8.11. The van der Waals surface area contributed by atoms with Crippen molar-refractivity contribution in [3.8, 4) is 22.5 Å². The molecule has 44 heavy (non-hydrogen) atoms. The van der Waals surface area contributed by atoms with E-state index in [-0.39, 0.29) is 4.90 Å². The van der Waals surface area contributed by atoms with Gasteiger partial charge in [-0.15, -0.1) is 0 Å². The molecule has 0 N–H and O–H groups in total. The fourth-order valence-electron chi connectivity index (χ4n) is 6.50. The number of hydrogen-bond acceptors (Lipinski definition) is 3. The second-order valence-corrected chi connectivity index (χ2v) is 12.7. The van der Waals surface area contributed by atoms with E-state index in [9.17, 15) is 8.42 Å². The number of para-hydroxylation sites is 5. The Morgan fingerprint density at radius 2 is 1.00 bits per heavy atom. The lowest BCUT2D eigenvalue weighted by molar-refractivity contribution is 0.592. The lowest BCUT2D eigenvalue weighted by Crippen LogP contribution is -2.33. The van der Waals surface area contributed by atoms with Gasteiger partial charge in [0.1, 0.15) is 4.90 Å². The molecule has 0 aliphatic carbocycles. The maximum atomic E-state index is 14.0. The van der Waals surface area contributed by atoms with Gasteiger partial charge in [0.2, 0.25) is 5.95 Å². The van der Waals surface area contributed by atoms with E-state index in [0.29, 0.717) is 17.3 Å². The lowest BCUT2D eigenvalue weighted by Gasteiger charge is -2.30. The predicted octanol–water partition coefficient (Wildman–Crippen LogP) is 8.63. The maximum Gasteiger partial charge on any atom is 0.273 e. The highest BCUT2D eigenvalue weighted by Crippen LogP contribution is 2.43. The van der Waals surface area contributed by atoms with E-state index in [1.54, 1.807) is 12.1 Å². The monoisotopic (exact) mass is 588 g/mol. The molecule has 6 aromatic carbocycles. The fraction of sp³-hybridized carbons (Fsp3) is 0. The molecule has 0 radical (unpaired) electrons. The van der Waals surface area contributed by atoms with Gasteiger partial charge in [-0.05, 0) is 71.8 Å². The van der Waals surface area contributed by atoms with Crippen LogP contribution in [0.2, 0.25) is 0 Å². The van der Waals surface area contributed by atoms with Crippen molar-refractivity contribution >= 4 is 54.5 Å². The molecule has 0 atom stereocenters. The van der Waals surface area contributed by atoms with Crippen LogP contribution in [0.5, 0.6) is 0 Å². The second kappa shape index (κ2) is 9.17. The number of rotatable bonds is 3. The molecule has 2 aromatic heterocycles. The zero-order valence-corrected chi connectivity index (χ0v) is 24.2. The third-order valence-corrected chi connectivity index (χ3v) is 10.2. The Kier molecular flexibility index (Phi) is 5.19. The topological polar surface area (TPSA) is 60.1 Å². The molecule has 0 amide bonds. The summed E-state index contributed by atoms with van der Waals surface area (Å²) in [6.45, 7) is 0. The van der Waals surface area contributed by atoms with Crippen LogP contribution in [0.1, 0.15) is 0 Å². The van der Waals surface area contributed by atoms with Crippen LogP contribution >= 0.6 is 0 Å². The highest BCUT2D eigenvalue weighted by atomic mass is 32.2. The van der Waals surface area contributed by atoms with Crippen LogP contribution in [0.4, 0.5) is 11.6 Å². The summed E-state index contributed by atoms with van der Waals surface area (Å²) in [6, 6.07) is 47.9. The van der Waals surface area contributed by atoms with E-state index in [2.05, 4.69) is 77.4 Å². The van der Waals surface area contributed by atoms with E-state index >= 15 is 0 Å². The molecule has 0 saturated carbocycles. The van der Waals surface area contributed by atoms with E-state index in [0.717, 1.165) is 27.8 Å². The highest BCUT2D eigenvalue weighted by Gasteiger charge is 2.38. The van der Waals surface area contributed by atoms with Gasteiger partial charge in [0, 0.05) is 16.5 Å². The number of aromatic nitrogens is 3. The molecule has 0 spiro atoms. The minimum atomic E-state index is -3.89. The maximum absolute atomic E-state index is 14.0. The molecule has 0 bridgehead atoms. The van der Waals surface area contributed by atoms with Crippen molar-refractivity contribution in [3.63, 3.8) is 0 Å². The summed E-state index contributed by atoms with van der Waals surface area (Å²) >= 11 is 0. The number of fused-ring (bicyclic) bond motifs is 8. The molecule has 0 unspecified atom stereocenters. The SMILES string of the molecule is O=S1(=O)c2ccccc2-n2c(nc3ccccc32)N1c1ccc(-c2ccc(-n3c4ccccc4c4ccccc43)cc2)cc1. The summed E-state index contributed by atoms with van der Waals surface area (Å²) in [6.07, 6.45) is 0. The standard InChI is InChI=1S/C37H24N4O2S/c42-44(43)36-16-8-7-15-35(36)40-34-14-6-3-11-31(34)38-37(40)41(44)28-23-19-26(20-24-28)25-17-21-27(22-18-25)39-32-12-4-1-9-29(32)30-10-2-5-13-33(30)39/h1-24H. The highest BCUT2D eigenvalue weighted by molar-refractivity contribution is 7.93. The summed E-state index contributed by atoms with van der Waals surface area (Å²) in [7, 11) is -3.89. The molecular weight excluding hydrogens is 565 g/mol. The van der Waals surface area contributed by atoms with E-state index in [1.807, 2.05) is 65.2 Å². The summed E-state index contributed by atoms with van der Waals surface area (Å²) in [5, 5.41) is 2.46. The Labute approximate surface area is 253 Å². The normalized spacial score (nSPS) is 13.8. The molecule has 0 saturated heterocycles. The minimum Gasteiger partial charge on any atom is -0.309 e. The van der Waals surface area contributed by atoms with Gasteiger partial charge < -0.3 is 4.57 Å². The van der Waals surface area contributed by atoms with Crippen LogP contribution < -0.4 is 4.31 Å². The Morgan fingerprint density at radius 1 is 0.477 bits per heavy atom. The van der Waals surface area contributed by atoms with Crippen LogP contribution in [0, 0.1) is 0 Å². The van der Waals surface area contributed by atoms with E-state index in [1.165, 1.54) is 26.1 Å². The molecular formula is C37H24N4O2S. The van der Waals surface area contributed by atoms with E-state index < -0.39 is 10.0 Å². The summed E-state index contributed by atoms with van der Waals surface area (Å²) in [5.41, 5.74) is 8.18. The summed E-state index contributed by atoms with van der Waals surface area (Å²) < 4.78 is 33.6. The van der Waals surface area contributed by atoms with Gasteiger partial charge in [0.25, 0.3) is 10.0 Å². The van der Waals surface area contributed by atoms with Crippen LogP contribution in [0.25, 0.3) is 55.3 Å². The Morgan fingerprint density at radius 3 is 1.66 bits per heavy atom. The first kappa shape index (κ1) is 24.9. The lowest BCUT2D eigenvalue weighted by atomic mass is 10.0. The average Bonchev–Trinajstić information content (AvgIpc) is 3.61. The largest absolute Gasteiger partial charge is 0.309 e. The Balaban J connectivity index is 1.12. The average molecular weight is 589 g/mol. The van der Waals surface area contributed by atoms with Crippen molar-refractivity contribution in [1.29, 1.82) is 0 Å². The Bertz CT molecular complexity index is 2460. The van der Waals surface area contributed by atoms with Crippen molar-refractivity contribution in [2.45, 2.75) is 4.90 Å². The van der Waals surface area contributed by atoms with Gasteiger partial charge in [-0.1, -0.05) is 84.9 Å². The summed E-state index contributed by atoms with van der Waals surface area (Å²) in [5.74, 6) is 0.355. The minimum absolute atomic E-state index is 0.250. The van der Waals surface area contributed by atoms with Gasteiger partial charge in [-0.3, -0.25) is 4.57 Å². The number of hydrogen-bond donors (Lipinski definition) is 0. The Hall–Kier alpha value is -5.66. The third-order valence-electron chi connectivity index (χ3n) is 8.49. The van der Waals surface area contributed by atoms with Crippen molar-refractivity contribution in [2.75, 3.05) is 4.31 Å². The summed E-state index contributed by atoms with van der Waals surface area (Å²) in [4.78, 5) is 5.02. The number of benzene rings is 6. The van der Waals surface area contributed by atoms with Gasteiger partial charge >= 0.3 is 0 Å². The van der Waals surface area contributed by atoms with Crippen molar-refractivity contribution in [1.82, 2.24) is 14.1 Å². The molecule has 8 aromatic rings. The van der Waals surface area contributed by atoms with Gasteiger partial charge in [0.05, 0.1) is 33.4 Å². The molecule has 9 rings (SSSR count). The third kappa shape index (κ3) is 3.47. The molecule has 7 heteroatoms. The van der Waals surface area contributed by atoms with Crippen LogP contribution in [-0.4, -0.2) is 22.5 Å². The molecule has 0 fully saturated rings. The first-order valence-corrected chi connectivity index (χ1v) is 15.8. The quantitative estimate of drug-likeness (QED) is 0.208. The van der Waals surface area contributed by atoms with Gasteiger partial charge in [0.15, 0.2) is 0 Å². The number of imidazole rings is 1. The van der Waals surface area contributed by atoms with Crippen molar-refractivity contribution < 1.29 is 8.42 Å². The van der Waals surface area contributed by atoms with Crippen LogP contribution in [0.3, 0.4) is 0 Å². The molecule has 1 aliphatic rings. The van der Waals surface area contributed by atoms with Crippen LogP contribution in [-0.2, 0) is 10.0 Å². The first-order valence-electron chi connectivity index (χ1n) is 14.4. The second-order valence-electron chi connectivity index (χ2n) is 10.9. The molecule has 210 valence electrons. The van der Waals surface area contributed by atoms with Crippen molar-refractivity contribution in [2.24, 2.45) is 0 Å². The number of anilines is 2. The number of nitrogens with zero attached hydrogens (tertiary/aromatic N) is 4. The predicted molar refractivity (Wildman–Crippen MR) is 177 cm³/mol.